The Hall–Kier alpha value is -1.68. The monoisotopic (exact) mass is 301 g/mol. The molecule has 0 atom stereocenters. The van der Waals surface area contributed by atoms with Gasteiger partial charge < -0.3 is 5.11 Å². The van der Waals surface area contributed by atoms with Gasteiger partial charge in [0.1, 0.15) is 0 Å². The van der Waals surface area contributed by atoms with Gasteiger partial charge in [-0.2, -0.15) is 0 Å². The molecular formula is C17H19NO2S. The number of carboxylic acid groups (broad SMARTS) is 1. The summed E-state index contributed by atoms with van der Waals surface area (Å²) in [6.07, 6.45) is 2.48. The second-order valence-corrected chi connectivity index (χ2v) is 7.65. The van der Waals surface area contributed by atoms with Crippen LogP contribution in [0, 0.1) is 0 Å². The molecule has 110 valence electrons. The fraction of sp³-hybridized carbons (Fsp3) is 0.412. The highest BCUT2D eigenvalue weighted by molar-refractivity contribution is 7.15. The van der Waals surface area contributed by atoms with Crippen LogP contribution in [0.15, 0.2) is 24.3 Å². The van der Waals surface area contributed by atoms with E-state index in [0.717, 1.165) is 15.4 Å². The molecule has 1 saturated carbocycles. The molecule has 1 aliphatic rings. The predicted octanol–water partition coefficient (Wildman–Crippen LogP) is 4.68. The van der Waals surface area contributed by atoms with Gasteiger partial charge in [0.05, 0.1) is 9.88 Å². The quantitative estimate of drug-likeness (QED) is 0.895. The van der Waals surface area contributed by atoms with Gasteiger partial charge in [-0.1, -0.05) is 39.0 Å². The van der Waals surface area contributed by atoms with Crippen molar-refractivity contribution in [1.29, 1.82) is 0 Å². The van der Waals surface area contributed by atoms with E-state index >= 15 is 0 Å². The summed E-state index contributed by atoms with van der Waals surface area (Å²) in [5.74, 6) is -0.290. The van der Waals surface area contributed by atoms with Gasteiger partial charge in [-0.15, -0.1) is 11.3 Å². The van der Waals surface area contributed by atoms with Crippen molar-refractivity contribution in [3.05, 3.63) is 40.5 Å². The first kappa shape index (κ1) is 14.3. The third-order valence-corrected chi connectivity index (χ3v) is 5.20. The van der Waals surface area contributed by atoms with E-state index in [2.05, 4.69) is 37.9 Å². The summed E-state index contributed by atoms with van der Waals surface area (Å²) in [5, 5.41) is 10.3. The Bertz CT molecular complexity index is 693. The van der Waals surface area contributed by atoms with Crippen LogP contribution >= 0.6 is 11.3 Å². The van der Waals surface area contributed by atoms with Gasteiger partial charge in [-0.05, 0) is 36.0 Å². The zero-order chi connectivity index (χ0) is 15.2. The molecule has 1 aromatic carbocycles. The molecule has 4 heteroatoms. The molecule has 0 radical (unpaired) electrons. The number of aromatic carboxylic acids is 1. The molecule has 2 aromatic rings. The molecule has 1 N–H and O–H groups in total. The van der Waals surface area contributed by atoms with Crippen molar-refractivity contribution in [2.45, 2.75) is 44.9 Å². The second-order valence-electron chi connectivity index (χ2n) is 6.65. The molecule has 0 amide bonds. The van der Waals surface area contributed by atoms with Gasteiger partial charge in [0.25, 0.3) is 0 Å². The summed E-state index contributed by atoms with van der Waals surface area (Å²) < 4.78 is 0. The van der Waals surface area contributed by atoms with E-state index in [0.29, 0.717) is 5.92 Å². The number of nitrogens with zero attached hydrogens (tertiary/aromatic N) is 1. The van der Waals surface area contributed by atoms with Crippen LogP contribution in [0.5, 0.6) is 0 Å². The van der Waals surface area contributed by atoms with Crippen LogP contribution in [0.25, 0.3) is 10.4 Å². The SMILES string of the molecule is CC(C)(C)c1nc(C(=O)O)c(-c2cccc(C3CC3)c2)s1. The number of carbonyl (C=O) groups is 1. The van der Waals surface area contributed by atoms with Crippen molar-refractivity contribution in [1.82, 2.24) is 4.98 Å². The molecule has 1 fully saturated rings. The van der Waals surface area contributed by atoms with Gasteiger partial charge in [0, 0.05) is 5.41 Å². The molecule has 0 saturated heterocycles. The summed E-state index contributed by atoms with van der Waals surface area (Å²) in [6.45, 7) is 6.17. The van der Waals surface area contributed by atoms with Gasteiger partial charge in [-0.3, -0.25) is 0 Å². The minimum Gasteiger partial charge on any atom is -0.476 e. The molecule has 21 heavy (non-hydrogen) atoms. The number of aromatic nitrogens is 1. The van der Waals surface area contributed by atoms with Crippen molar-refractivity contribution in [3.8, 4) is 10.4 Å². The molecule has 1 heterocycles. The van der Waals surface area contributed by atoms with Gasteiger partial charge >= 0.3 is 5.97 Å². The lowest BCUT2D eigenvalue weighted by Gasteiger charge is -2.13. The van der Waals surface area contributed by atoms with E-state index in [1.807, 2.05) is 12.1 Å². The second kappa shape index (κ2) is 4.95. The van der Waals surface area contributed by atoms with Crippen molar-refractivity contribution < 1.29 is 9.90 Å². The van der Waals surface area contributed by atoms with Gasteiger partial charge in [-0.25, -0.2) is 9.78 Å². The maximum Gasteiger partial charge on any atom is 0.356 e. The number of hydrogen-bond acceptors (Lipinski definition) is 3. The van der Waals surface area contributed by atoms with E-state index in [1.54, 1.807) is 0 Å². The lowest BCUT2D eigenvalue weighted by molar-refractivity contribution is 0.0692. The maximum atomic E-state index is 11.5. The summed E-state index contributed by atoms with van der Waals surface area (Å²) in [5.41, 5.74) is 2.33. The van der Waals surface area contributed by atoms with E-state index in [1.165, 1.54) is 29.7 Å². The van der Waals surface area contributed by atoms with Crippen molar-refractivity contribution in [3.63, 3.8) is 0 Å². The van der Waals surface area contributed by atoms with Crippen LogP contribution < -0.4 is 0 Å². The third-order valence-electron chi connectivity index (χ3n) is 3.67. The normalized spacial score (nSPS) is 15.2. The fourth-order valence-electron chi connectivity index (χ4n) is 2.33. The molecule has 0 bridgehead atoms. The molecular weight excluding hydrogens is 282 g/mol. The highest BCUT2D eigenvalue weighted by Crippen LogP contribution is 2.42. The van der Waals surface area contributed by atoms with Gasteiger partial charge in [0.15, 0.2) is 5.69 Å². The van der Waals surface area contributed by atoms with E-state index in [9.17, 15) is 9.90 Å². The molecule has 1 aliphatic carbocycles. The zero-order valence-electron chi connectivity index (χ0n) is 12.5. The number of rotatable bonds is 3. The summed E-state index contributed by atoms with van der Waals surface area (Å²) >= 11 is 1.50. The Balaban J connectivity index is 2.10. The first-order chi connectivity index (χ1) is 9.86. The maximum absolute atomic E-state index is 11.5. The molecule has 0 unspecified atom stereocenters. The minimum absolute atomic E-state index is 0.138. The van der Waals surface area contributed by atoms with Crippen LogP contribution in [0.4, 0.5) is 0 Å². The smallest absolute Gasteiger partial charge is 0.356 e. The molecule has 1 aromatic heterocycles. The Morgan fingerprint density at radius 2 is 2.05 bits per heavy atom. The molecule has 0 aliphatic heterocycles. The number of benzene rings is 1. The average Bonchev–Trinajstić information content (AvgIpc) is 3.15. The topological polar surface area (TPSA) is 50.2 Å². The number of carboxylic acids is 1. The number of thiazole rings is 1. The van der Waals surface area contributed by atoms with Crippen LogP contribution in [0.2, 0.25) is 0 Å². The van der Waals surface area contributed by atoms with Crippen molar-refractivity contribution >= 4 is 17.3 Å². The lowest BCUT2D eigenvalue weighted by Crippen LogP contribution is -2.11. The van der Waals surface area contributed by atoms with Crippen LogP contribution in [0.3, 0.4) is 0 Å². The minimum atomic E-state index is -0.950. The first-order valence-corrected chi connectivity index (χ1v) is 8.03. The molecule has 3 rings (SSSR count). The summed E-state index contributed by atoms with van der Waals surface area (Å²) in [4.78, 5) is 16.7. The first-order valence-electron chi connectivity index (χ1n) is 7.21. The summed E-state index contributed by atoms with van der Waals surface area (Å²) in [6, 6.07) is 8.26. The largest absolute Gasteiger partial charge is 0.476 e. The number of hydrogen-bond donors (Lipinski definition) is 1. The highest BCUT2D eigenvalue weighted by atomic mass is 32.1. The van der Waals surface area contributed by atoms with Crippen LogP contribution in [-0.2, 0) is 5.41 Å². The van der Waals surface area contributed by atoms with E-state index in [-0.39, 0.29) is 11.1 Å². The molecule has 0 spiro atoms. The van der Waals surface area contributed by atoms with E-state index < -0.39 is 5.97 Å². The van der Waals surface area contributed by atoms with Gasteiger partial charge in [0.2, 0.25) is 0 Å². The Morgan fingerprint density at radius 3 is 2.62 bits per heavy atom. The average molecular weight is 301 g/mol. The zero-order valence-corrected chi connectivity index (χ0v) is 13.3. The Labute approximate surface area is 128 Å². The Morgan fingerprint density at radius 1 is 1.33 bits per heavy atom. The predicted molar refractivity (Wildman–Crippen MR) is 85.2 cm³/mol. The summed E-state index contributed by atoms with van der Waals surface area (Å²) in [7, 11) is 0. The van der Waals surface area contributed by atoms with Crippen LogP contribution in [-0.4, -0.2) is 16.1 Å². The van der Waals surface area contributed by atoms with Crippen LogP contribution in [0.1, 0.15) is 60.6 Å². The highest BCUT2D eigenvalue weighted by Gasteiger charge is 2.27. The lowest BCUT2D eigenvalue weighted by atomic mass is 9.98. The van der Waals surface area contributed by atoms with E-state index in [4.69, 9.17) is 0 Å². The standard InChI is InChI=1S/C17H19NO2S/c1-17(2,3)16-18-13(15(19)20)14(21-16)12-6-4-5-11(9-12)10-7-8-10/h4-6,9-10H,7-8H2,1-3H3,(H,19,20). The van der Waals surface area contributed by atoms with Crippen molar-refractivity contribution in [2.75, 3.05) is 0 Å². The third kappa shape index (κ3) is 2.86. The fourth-order valence-corrected chi connectivity index (χ4v) is 3.44. The van der Waals surface area contributed by atoms with Crippen molar-refractivity contribution in [2.24, 2.45) is 0 Å². The molecule has 3 nitrogen and oxygen atoms in total. The Kier molecular flexibility index (Phi) is 3.36.